The van der Waals surface area contributed by atoms with Crippen molar-refractivity contribution in [2.24, 2.45) is 0 Å². The summed E-state index contributed by atoms with van der Waals surface area (Å²) < 4.78 is 0. The summed E-state index contributed by atoms with van der Waals surface area (Å²) in [4.78, 5) is 8.94. The van der Waals surface area contributed by atoms with Crippen LogP contribution in [-0.4, -0.2) is 21.6 Å². The Hall–Kier alpha value is -1.94. The van der Waals surface area contributed by atoms with Crippen molar-refractivity contribution < 1.29 is 5.11 Å². The standard InChI is InChI=1S/C14H17N3O/c1-3-15-9-12-8-10(2)16-14(17-12)11-4-6-13(18)7-5-11/h4-8,15,18H,3,9H2,1-2H3. The molecule has 0 spiro atoms. The molecule has 94 valence electrons. The smallest absolute Gasteiger partial charge is 0.159 e. The summed E-state index contributed by atoms with van der Waals surface area (Å²) in [6.45, 7) is 5.68. The van der Waals surface area contributed by atoms with E-state index >= 15 is 0 Å². The molecule has 0 aliphatic rings. The number of phenols is 1. The van der Waals surface area contributed by atoms with Gasteiger partial charge in [0.2, 0.25) is 0 Å². The van der Waals surface area contributed by atoms with E-state index in [1.165, 1.54) is 0 Å². The molecule has 18 heavy (non-hydrogen) atoms. The van der Waals surface area contributed by atoms with Crippen molar-refractivity contribution >= 4 is 0 Å². The van der Waals surface area contributed by atoms with Crippen LogP contribution in [0.4, 0.5) is 0 Å². The Bertz CT molecular complexity index is 523. The monoisotopic (exact) mass is 243 g/mol. The highest BCUT2D eigenvalue weighted by molar-refractivity contribution is 5.56. The number of benzene rings is 1. The van der Waals surface area contributed by atoms with Crippen LogP contribution in [0.3, 0.4) is 0 Å². The van der Waals surface area contributed by atoms with E-state index in [0.29, 0.717) is 5.82 Å². The van der Waals surface area contributed by atoms with Crippen molar-refractivity contribution in [1.82, 2.24) is 15.3 Å². The van der Waals surface area contributed by atoms with Crippen molar-refractivity contribution in [1.29, 1.82) is 0 Å². The lowest BCUT2D eigenvalue weighted by Gasteiger charge is -2.06. The Balaban J connectivity index is 2.32. The number of rotatable bonds is 4. The van der Waals surface area contributed by atoms with Crippen molar-refractivity contribution in [2.75, 3.05) is 6.54 Å². The Labute approximate surface area is 107 Å². The lowest BCUT2D eigenvalue weighted by Crippen LogP contribution is -2.13. The molecule has 2 aromatic rings. The van der Waals surface area contributed by atoms with Crippen LogP contribution in [0.5, 0.6) is 5.75 Å². The van der Waals surface area contributed by atoms with Gasteiger partial charge in [-0.05, 0) is 43.8 Å². The normalized spacial score (nSPS) is 10.6. The molecule has 0 atom stereocenters. The highest BCUT2D eigenvalue weighted by Gasteiger charge is 2.04. The van der Waals surface area contributed by atoms with E-state index in [1.807, 2.05) is 25.1 Å². The van der Waals surface area contributed by atoms with Gasteiger partial charge in [0.05, 0.1) is 5.69 Å². The lowest BCUT2D eigenvalue weighted by molar-refractivity contribution is 0.475. The van der Waals surface area contributed by atoms with Crippen LogP contribution in [0.2, 0.25) is 0 Å². The average Bonchev–Trinajstić information content (AvgIpc) is 2.36. The van der Waals surface area contributed by atoms with Crippen molar-refractivity contribution in [3.63, 3.8) is 0 Å². The molecule has 4 heteroatoms. The zero-order valence-electron chi connectivity index (χ0n) is 10.6. The van der Waals surface area contributed by atoms with E-state index in [-0.39, 0.29) is 5.75 Å². The van der Waals surface area contributed by atoms with Crippen LogP contribution in [0, 0.1) is 6.92 Å². The minimum Gasteiger partial charge on any atom is -0.508 e. The zero-order valence-corrected chi connectivity index (χ0v) is 10.6. The minimum absolute atomic E-state index is 0.249. The van der Waals surface area contributed by atoms with Gasteiger partial charge >= 0.3 is 0 Å². The van der Waals surface area contributed by atoms with Gasteiger partial charge in [-0.2, -0.15) is 0 Å². The first-order valence-corrected chi connectivity index (χ1v) is 6.03. The molecular formula is C14H17N3O. The minimum atomic E-state index is 0.249. The fourth-order valence-electron chi connectivity index (χ4n) is 1.72. The maximum Gasteiger partial charge on any atom is 0.159 e. The Kier molecular flexibility index (Phi) is 3.89. The maximum atomic E-state index is 9.28. The Morgan fingerprint density at radius 1 is 1.17 bits per heavy atom. The molecule has 4 nitrogen and oxygen atoms in total. The molecule has 2 N–H and O–H groups in total. The van der Waals surface area contributed by atoms with E-state index < -0.39 is 0 Å². The van der Waals surface area contributed by atoms with Crippen molar-refractivity contribution in [3.05, 3.63) is 41.7 Å². The number of aryl methyl sites for hydroxylation is 1. The van der Waals surface area contributed by atoms with Crippen LogP contribution in [0.25, 0.3) is 11.4 Å². The van der Waals surface area contributed by atoms with E-state index in [4.69, 9.17) is 0 Å². The molecule has 0 unspecified atom stereocenters. The zero-order chi connectivity index (χ0) is 13.0. The molecule has 0 radical (unpaired) electrons. The quantitative estimate of drug-likeness (QED) is 0.865. The van der Waals surface area contributed by atoms with Gasteiger partial charge < -0.3 is 10.4 Å². The molecule has 0 aliphatic carbocycles. The van der Waals surface area contributed by atoms with Crippen LogP contribution in [0.1, 0.15) is 18.3 Å². The molecule has 0 aliphatic heterocycles. The van der Waals surface area contributed by atoms with Crippen molar-refractivity contribution in [3.8, 4) is 17.1 Å². The first-order valence-electron chi connectivity index (χ1n) is 6.03. The Morgan fingerprint density at radius 3 is 2.56 bits per heavy atom. The number of aromatic hydroxyl groups is 1. The van der Waals surface area contributed by atoms with E-state index in [9.17, 15) is 5.11 Å². The predicted octanol–water partition coefficient (Wildman–Crippen LogP) is 2.27. The van der Waals surface area contributed by atoms with Gasteiger partial charge in [0.1, 0.15) is 5.75 Å². The summed E-state index contributed by atoms with van der Waals surface area (Å²) in [5, 5.41) is 12.5. The van der Waals surface area contributed by atoms with Gasteiger partial charge in [-0.1, -0.05) is 6.92 Å². The average molecular weight is 243 g/mol. The fourth-order valence-corrected chi connectivity index (χ4v) is 1.72. The van der Waals surface area contributed by atoms with Crippen molar-refractivity contribution in [2.45, 2.75) is 20.4 Å². The summed E-state index contributed by atoms with van der Waals surface area (Å²) in [6, 6.07) is 8.91. The number of nitrogens with one attached hydrogen (secondary N) is 1. The topological polar surface area (TPSA) is 58.0 Å². The molecule has 1 aromatic heterocycles. The number of hydrogen-bond donors (Lipinski definition) is 2. The summed E-state index contributed by atoms with van der Waals surface area (Å²) in [5.74, 6) is 0.946. The van der Waals surface area contributed by atoms with Gasteiger partial charge in [-0.15, -0.1) is 0 Å². The third-order valence-electron chi connectivity index (χ3n) is 2.59. The van der Waals surface area contributed by atoms with Gasteiger partial charge in [-0.25, -0.2) is 9.97 Å². The van der Waals surface area contributed by atoms with Gasteiger partial charge in [-0.3, -0.25) is 0 Å². The first-order chi connectivity index (χ1) is 8.69. The molecular weight excluding hydrogens is 226 g/mol. The molecule has 0 fully saturated rings. The highest BCUT2D eigenvalue weighted by Crippen LogP contribution is 2.19. The number of hydrogen-bond acceptors (Lipinski definition) is 4. The molecule has 2 rings (SSSR count). The fraction of sp³-hybridized carbons (Fsp3) is 0.286. The molecule has 0 saturated heterocycles. The van der Waals surface area contributed by atoms with Gasteiger partial charge in [0.25, 0.3) is 0 Å². The molecule has 0 saturated carbocycles. The summed E-state index contributed by atoms with van der Waals surface area (Å²) in [6.07, 6.45) is 0. The number of phenolic OH excluding ortho intramolecular Hbond substituents is 1. The van der Waals surface area contributed by atoms with Crippen LogP contribution < -0.4 is 5.32 Å². The van der Waals surface area contributed by atoms with E-state index in [0.717, 1.165) is 30.0 Å². The second-order valence-corrected chi connectivity index (χ2v) is 4.15. The van der Waals surface area contributed by atoms with Crippen LogP contribution >= 0.6 is 0 Å². The van der Waals surface area contributed by atoms with Crippen LogP contribution in [0.15, 0.2) is 30.3 Å². The third-order valence-corrected chi connectivity index (χ3v) is 2.59. The Morgan fingerprint density at radius 2 is 1.89 bits per heavy atom. The molecule has 0 amide bonds. The highest BCUT2D eigenvalue weighted by atomic mass is 16.3. The van der Waals surface area contributed by atoms with Crippen LogP contribution in [-0.2, 0) is 6.54 Å². The molecule has 1 heterocycles. The van der Waals surface area contributed by atoms with E-state index in [2.05, 4.69) is 22.2 Å². The second kappa shape index (κ2) is 5.60. The van der Waals surface area contributed by atoms with Gasteiger partial charge in [0, 0.05) is 17.8 Å². The SMILES string of the molecule is CCNCc1cc(C)nc(-c2ccc(O)cc2)n1. The number of aromatic nitrogens is 2. The number of nitrogens with zero attached hydrogens (tertiary/aromatic N) is 2. The largest absolute Gasteiger partial charge is 0.508 e. The summed E-state index contributed by atoms with van der Waals surface area (Å²) in [5.41, 5.74) is 2.84. The van der Waals surface area contributed by atoms with E-state index in [1.54, 1.807) is 12.1 Å². The molecule has 1 aromatic carbocycles. The lowest BCUT2D eigenvalue weighted by atomic mass is 10.2. The molecule has 0 bridgehead atoms. The predicted molar refractivity (Wildman–Crippen MR) is 71.3 cm³/mol. The second-order valence-electron chi connectivity index (χ2n) is 4.15. The first kappa shape index (κ1) is 12.5. The van der Waals surface area contributed by atoms with Gasteiger partial charge in [0.15, 0.2) is 5.82 Å². The summed E-state index contributed by atoms with van der Waals surface area (Å²) in [7, 11) is 0. The summed E-state index contributed by atoms with van der Waals surface area (Å²) >= 11 is 0. The maximum absolute atomic E-state index is 9.28. The third kappa shape index (κ3) is 3.05.